The van der Waals surface area contributed by atoms with Gasteiger partial charge in [-0.3, -0.25) is 14.8 Å². The van der Waals surface area contributed by atoms with Gasteiger partial charge in [-0.05, 0) is 40.7 Å². The molecular weight excluding hydrogens is 174 g/mol. The number of aromatic nitrogens is 1. The molecule has 1 rings (SSSR count). The van der Waals surface area contributed by atoms with E-state index in [1.807, 2.05) is 12.4 Å². The molecule has 0 atom stereocenters. The summed E-state index contributed by atoms with van der Waals surface area (Å²) >= 11 is 0. The van der Waals surface area contributed by atoms with Gasteiger partial charge in [0.05, 0.1) is 6.17 Å². The smallest absolute Gasteiger partial charge is 0.0891 e. The molecule has 1 aromatic heterocycles. The van der Waals surface area contributed by atoms with E-state index in [0.29, 0.717) is 6.17 Å². The number of rotatable bonds is 3. The molecule has 0 unspecified atom stereocenters. The van der Waals surface area contributed by atoms with Crippen LogP contribution in [0.2, 0.25) is 0 Å². The predicted molar refractivity (Wildman–Crippen MR) is 59.1 cm³/mol. The van der Waals surface area contributed by atoms with Crippen molar-refractivity contribution in [3.05, 3.63) is 29.6 Å². The van der Waals surface area contributed by atoms with E-state index in [1.54, 1.807) is 0 Å². The van der Waals surface area contributed by atoms with Gasteiger partial charge >= 0.3 is 0 Å². The molecule has 14 heavy (non-hydrogen) atoms. The standard InChI is InChI=1S/C11H19N3/c1-9-6-10(8-12-7-9)11(13(2)3)14(4)5/h6-8,11H,1-5H3. The monoisotopic (exact) mass is 193 g/mol. The summed E-state index contributed by atoms with van der Waals surface area (Å²) < 4.78 is 0. The Morgan fingerprint density at radius 1 is 1.07 bits per heavy atom. The number of pyridine rings is 1. The van der Waals surface area contributed by atoms with Crippen LogP contribution in [0.5, 0.6) is 0 Å². The van der Waals surface area contributed by atoms with Gasteiger partial charge in [-0.2, -0.15) is 0 Å². The van der Waals surface area contributed by atoms with E-state index in [4.69, 9.17) is 0 Å². The number of aryl methyl sites for hydroxylation is 1. The van der Waals surface area contributed by atoms with Crippen molar-refractivity contribution < 1.29 is 0 Å². The van der Waals surface area contributed by atoms with E-state index >= 15 is 0 Å². The van der Waals surface area contributed by atoms with Crippen molar-refractivity contribution in [3.8, 4) is 0 Å². The molecule has 0 N–H and O–H groups in total. The first-order valence-electron chi connectivity index (χ1n) is 4.77. The van der Waals surface area contributed by atoms with Gasteiger partial charge < -0.3 is 0 Å². The lowest BCUT2D eigenvalue weighted by Gasteiger charge is -2.30. The molecule has 0 saturated heterocycles. The second-order valence-electron chi connectivity index (χ2n) is 4.10. The maximum absolute atomic E-state index is 4.22. The lowest BCUT2D eigenvalue weighted by molar-refractivity contribution is 0.130. The van der Waals surface area contributed by atoms with Gasteiger partial charge in [0, 0.05) is 18.0 Å². The molecule has 0 bridgehead atoms. The summed E-state index contributed by atoms with van der Waals surface area (Å²) in [6.07, 6.45) is 4.10. The van der Waals surface area contributed by atoms with Crippen LogP contribution in [0.1, 0.15) is 17.3 Å². The normalized spacial score (nSPS) is 11.7. The number of hydrogen-bond acceptors (Lipinski definition) is 3. The highest BCUT2D eigenvalue weighted by molar-refractivity contribution is 5.19. The highest BCUT2D eigenvalue weighted by atomic mass is 15.3. The Kier molecular flexibility index (Phi) is 3.61. The van der Waals surface area contributed by atoms with E-state index in [1.165, 1.54) is 11.1 Å². The van der Waals surface area contributed by atoms with Crippen LogP contribution < -0.4 is 0 Å². The van der Waals surface area contributed by atoms with Crippen LogP contribution in [-0.2, 0) is 0 Å². The lowest BCUT2D eigenvalue weighted by atomic mass is 10.1. The van der Waals surface area contributed by atoms with Crippen LogP contribution in [0, 0.1) is 6.92 Å². The summed E-state index contributed by atoms with van der Waals surface area (Å²) in [5.41, 5.74) is 2.44. The Morgan fingerprint density at radius 3 is 2.07 bits per heavy atom. The van der Waals surface area contributed by atoms with Crippen molar-refractivity contribution >= 4 is 0 Å². The van der Waals surface area contributed by atoms with Gasteiger partial charge in [0.1, 0.15) is 0 Å². The second kappa shape index (κ2) is 4.53. The van der Waals surface area contributed by atoms with Gasteiger partial charge in [-0.1, -0.05) is 6.07 Å². The predicted octanol–water partition coefficient (Wildman–Crippen LogP) is 1.51. The van der Waals surface area contributed by atoms with Crippen LogP contribution in [0.25, 0.3) is 0 Å². The molecule has 3 heteroatoms. The fourth-order valence-electron chi connectivity index (χ4n) is 1.78. The van der Waals surface area contributed by atoms with E-state index in [0.717, 1.165) is 0 Å². The number of hydrogen-bond donors (Lipinski definition) is 0. The van der Waals surface area contributed by atoms with Crippen molar-refractivity contribution in [2.24, 2.45) is 0 Å². The molecule has 0 saturated carbocycles. The highest BCUT2D eigenvalue weighted by Crippen LogP contribution is 2.19. The molecule has 1 aromatic rings. The van der Waals surface area contributed by atoms with Gasteiger partial charge in [0.25, 0.3) is 0 Å². The fraction of sp³-hybridized carbons (Fsp3) is 0.545. The highest BCUT2D eigenvalue weighted by Gasteiger charge is 2.16. The van der Waals surface area contributed by atoms with Gasteiger partial charge in [0.15, 0.2) is 0 Å². The molecule has 0 aromatic carbocycles. The molecule has 1 heterocycles. The molecule has 0 aliphatic rings. The summed E-state index contributed by atoms with van der Waals surface area (Å²) in [6, 6.07) is 2.18. The van der Waals surface area contributed by atoms with E-state index in [-0.39, 0.29) is 0 Å². The van der Waals surface area contributed by atoms with Crippen molar-refractivity contribution in [3.63, 3.8) is 0 Å². The largest absolute Gasteiger partial charge is 0.290 e. The maximum atomic E-state index is 4.22. The Balaban J connectivity index is 2.99. The van der Waals surface area contributed by atoms with Gasteiger partial charge in [-0.25, -0.2) is 0 Å². The Labute approximate surface area is 86.4 Å². The van der Waals surface area contributed by atoms with E-state index in [2.05, 4.69) is 56.0 Å². The zero-order valence-corrected chi connectivity index (χ0v) is 9.65. The molecule has 0 spiro atoms. The molecule has 0 aliphatic carbocycles. The summed E-state index contributed by atoms with van der Waals surface area (Å²) in [4.78, 5) is 8.57. The number of nitrogens with zero attached hydrogens (tertiary/aromatic N) is 3. The average Bonchev–Trinajstić information content (AvgIpc) is 2.02. The first kappa shape index (κ1) is 11.1. The van der Waals surface area contributed by atoms with Crippen LogP contribution in [0.15, 0.2) is 18.5 Å². The fourth-order valence-corrected chi connectivity index (χ4v) is 1.78. The second-order valence-corrected chi connectivity index (χ2v) is 4.10. The minimum absolute atomic E-state index is 0.294. The summed E-state index contributed by atoms with van der Waals surface area (Å²) in [7, 11) is 8.31. The van der Waals surface area contributed by atoms with E-state index < -0.39 is 0 Å². The van der Waals surface area contributed by atoms with Crippen molar-refractivity contribution in [1.82, 2.24) is 14.8 Å². The summed E-state index contributed by atoms with van der Waals surface area (Å²) in [5, 5.41) is 0. The molecule has 0 aliphatic heterocycles. The van der Waals surface area contributed by atoms with Crippen LogP contribution >= 0.6 is 0 Å². The zero-order valence-electron chi connectivity index (χ0n) is 9.65. The first-order chi connectivity index (χ1) is 6.52. The molecular formula is C11H19N3. The van der Waals surface area contributed by atoms with Crippen LogP contribution in [0.4, 0.5) is 0 Å². The minimum Gasteiger partial charge on any atom is -0.290 e. The van der Waals surface area contributed by atoms with Gasteiger partial charge in [-0.15, -0.1) is 0 Å². The van der Waals surface area contributed by atoms with Crippen molar-refractivity contribution in [2.45, 2.75) is 13.1 Å². The molecule has 3 nitrogen and oxygen atoms in total. The van der Waals surface area contributed by atoms with Crippen LogP contribution in [-0.4, -0.2) is 43.0 Å². The van der Waals surface area contributed by atoms with Crippen molar-refractivity contribution in [1.29, 1.82) is 0 Å². The molecule has 78 valence electrons. The molecule has 0 radical (unpaired) electrons. The third-order valence-electron chi connectivity index (χ3n) is 2.17. The Bertz CT molecular complexity index is 286. The average molecular weight is 193 g/mol. The third-order valence-corrected chi connectivity index (χ3v) is 2.17. The van der Waals surface area contributed by atoms with Crippen molar-refractivity contribution in [2.75, 3.05) is 28.2 Å². The lowest BCUT2D eigenvalue weighted by Crippen LogP contribution is -2.32. The SMILES string of the molecule is Cc1cncc(C(N(C)C)N(C)C)c1. The van der Waals surface area contributed by atoms with Gasteiger partial charge in [0.2, 0.25) is 0 Å². The zero-order chi connectivity index (χ0) is 10.7. The summed E-state index contributed by atoms with van der Waals surface area (Å²) in [5.74, 6) is 0. The van der Waals surface area contributed by atoms with E-state index in [9.17, 15) is 0 Å². The maximum Gasteiger partial charge on any atom is 0.0891 e. The Morgan fingerprint density at radius 2 is 1.64 bits per heavy atom. The summed E-state index contributed by atoms with van der Waals surface area (Å²) in [6.45, 7) is 2.07. The Hall–Kier alpha value is -0.930. The third kappa shape index (κ3) is 2.53. The quantitative estimate of drug-likeness (QED) is 0.678. The topological polar surface area (TPSA) is 19.4 Å². The first-order valence-corrected chi connectivity index (χ1v) is 4.77. The molecule has 0 amide bonds. The van der Waals surface area contributed by atoms with Crippen LogP contribution in [0.3, 0.4) is 0 Å². The minimum atomic E-state index is 0.294. The molecule has 0 fully saturated rings.